The maximum Gasteiger partial charge on any atom is 0.256 e. The minimum atomic E-state index is -0.867. The van der Waals surface area contributed by atoms with Crippen LogP contribution in [0.15, 0.2) is 24.3 Å². The normalized spacial score (nSPS) is 24.8. The molecule has 1 amide bonds. The van der Waals surface area contributed by atoms with Crippen molar-refractivity contribution in [2.75, 3.05) is 18.8 Å². The van der Waals surface area contributed by atoms with Crippen molar-refractivity contribution in [1.29, 1.82) is 0 Å². The Morgan fingerprint density at radius 3 is 2.38 bits per heavy atom. The van der Waals surface area contributed by atoms with Gasteiger partial charge in [-0.1, -0.05) is 12.1 Å². The summed E-state index contributed by atoms with van der Waals surface area (Å²) >= 11 is 0. The first-order chi connectivity index (χ1) is 7.59. The zero-order chi connectivity index (χ0) is 11.7. The first-order valence-electron chi connectivity index (χ1n) is 5.09. The molecule has 16 heavy (non-hydrogen) atoms. The van der Waals surface area contributed by atoms with Gasteiger partial charge in [0.15, 0.2) is 0 Å². The average Bonchev–Trinajstić information content (AvgIpc) is 2.59. The Bertz CT molecular complexity index is 398. The second-order valence-corrected chi connectivity index (χ2v) is 3.93. The molecular formula is C11H14N2O3. The number of anilines is 1. The molecular weight excluding hydrogens is 208 g/mol. The first-order valence-corrected chi connectivity index (χ1v) is 5.09. The van der Waals surface area contributed by atoms with Crippen LogP contribution in [0.5, 0.6) is 0 Å². The molecule has 1 aliphatic heterocycles. The summed E-state index contributed by atoms with van der Waals surface area (Å²) in [7, 11) is 0. The molecule has 1 fully saturated rings. The van der Waals surface area contributed by atoms with Crippen LogP contribution in [0.1, 0.15) is 10.4 Å². The highest BCUT2D eigenvalue weighted by Crippen LogP contribution is 2.17. The van der Waals surface area contributed by atoms with Crippen molar-refractivity contribution in [2.45, 2.75) is 12.2 Å². The molecule has 1 heterocycles. The van der Waals surface area contributed by atoms with E-state index in [-0.39, 0.29) is 19.0 Å². The lowest BCUT2D eigenvalue weighted by Gasteiger charge is -2.16. The predicted molar refractivity (Wildman–Crippen MR) is 58.8 cm³/mol. The van der Waals surface area contributed by atoms with Gasteiger partial charge in [0.2, 0.25) is 0 Å². The number of amides is 1. The number of β-amino-alcohol motifs (C(OH)–C–C–N with tert-alkyl or cyclic N) is 2. The van der Waals surface area contributed by atoms with Gasteiger partial charge in [0, 0.05) is 18.8 Å². The Kier molecular flexibility index (Phi) is 2.80. The number of hydrogen-bond donors (Lipinski definition) is 3. The predicted octanol–water partition coefficient (Wildman–Crippen LogP) is -0.554. The van der Waals surface area contributed by atoms with Crippen molar-refractivity contribution >= 4 is 11.6 Å². The zero-order valence-corrected chi connectivity index (χ0v) is 8.71. The Morgan fingerprint density at radius 2 is 1.81 bits per heavy atom. The number of rotatable bonds is 1. The highest BCUT2D eigenvalue weighted by molar-refractivity contribution is 5.99. The Morgan fingerprint density at radius 1 is 1.25 bits per heavy atom. The molecule has 86 valence electrons. The lowest BCUT2D eigenvalue weighted by Crippen LogP contribution is -2.30. The molecule has 0 unspecified atom stereocenters. The standard InChI is InChI=1S/C11H14N2O3/c12-8-4-2-1-3-7(8)11(16)13-5-9(14)10(15)6-13/h1-4,9-10,14-15H,5-6,12H2/t9-,10+. The van der Waals surface area contributed by atoms with Gasteiger partial charge in [0.25, 0.3) is 5.91 Å². The summed E-state index contributed by atoms with van der Waals surface area (Å²) in [6.45, 7) is 0.294. The van der Waals surface area contributed by atoms with Gasteiger partial charge in [-0.05, 0) is 12.1 Å². The highest BCUT2D eigenvalue weighted by atomic mass is 16.3. The Balaban J connectivity index is 2.18. The smallest absolute Gasteiger partial charge is 0.256 e. The number of carbonyl (C=O) groups excluding carboxylic acids is 1. The molecule has 4 N–H and O–H groups in total. The van der Waals surface area contributed by atoms with Gasteiger partial charge >= 0.3 is 0 Å². The van der Waals surface area contributed by atoms with E-state index in [1.807, 2.05) is 0 Å². The molecule has 2 atom stereocenters. The molecule has 1 aromatic carbocycles. The number of likely N-dealkylation sites (tertiary alicyclic amines) is 1. The quantitative estimate of drug-likeness (QED) is 0.556. The molecule has 1 aliphatic rings. The summed E-state index contributed by atoms with van der Waals surface area (Å²) in [5, 5.41) is 18.7. The summed E-state index contributed by atoms with van der Waals surface area (Å²) < 4.78 is 0. The van der Waals surface area contributed by atoms with Crippen LogP contribution in [0.25, 0.3) is 0 Å². The van der Waals surface area contributed by atoms with Crippen molar-refractivity contribution in [1.82, 2.24) is 4.90 Å². The minimum Gasteiger partial charge on any atom is -0.398 e. The number of aliphatic hydroxyl groups is 2. The second-order valence-electron chi connectivity index (χ2n) is 3.93. The summed E-state index contributed by atoms with van der Waals surface area (Å²) in [5.74, 6) is -0.256. The summed E-state index contributed by atoms with van der Waals surface area (Å²) in [5.41, 5.74) is 6.50. The van der Waals surface area contributed by atoms with Crippen LogP contribution in [0.3, 0.4) is 0 Å². The molecule has 5 nitrogen and oxygen atoms in total. The van der Waals surface area contributed by atoms with Crippen molar-refractivity contribution < 1.29 is 15.0 Å². The Hall–Kier alpha value is -1.59. The van der Waals surface area contributed by atoms with Gasteiger partial charge in [-0.25, -0.2) is 0 Å². The van der Waals surface area contributed by atoms with E-state index in [0.29, 0.717) is 11.3 Å². The zero-order valence-electron chi connectivity index (χ0n) is 8.71. The number of aliphatic hydroxyl groups excluding tert-OH is 2. The molecule has 0 radical (unpaired) electrons. The average molecular weight is 222 g/mol. The lowest BCUT2D eigenvalue weighted by atomic mass is 10.1. The van der Waals surface area contributed by atoms with Crippen LogP contribution in [-0.4, -0.2) is 46.3 Å². The topological polar surface area (TPSA) is 86.8 Å². The minimum absolute atomic E-state index is 0.147. The van der Waals surface area contributed by atoms with E-state index in [9.17, 15) is 15.0 Å². The number of para-hydroxylation sites is 1. The fourth-order valence-electron chi connectivity index (χ4n) is 1.80. The monoisotopic (exact) mass is 222 g/mol. The SMILES string of the molecule is Nc1ccccc1C(=O)N1C[C@@H](O)[C@@H](O)C1. The molecule has 0 aliphatic carbocycles. The third-order valence-electron chi connectivity index (χ3n) is 2.74. The first kappa shape index (κ1) is 10.9. The summed E-state index contributed by atoms with van der Waals surface area (Å²) in [6, 6.07) is 6.76. The summed E-state index contributed by atoms with van der Waals surface area (Å²) in [6.07, 6.45) is -1.73. The highest BCUT2D eigenvalue weighted by Gasteiger charge is 2.33. The van der Waals surface area contributed by atoms with Crippen LogP contribution in [0.4, 0.5) is 5.69 Å². The molecule has 0 saturated carbocycles. The molecule has 2 rings (SSSR count). The number of carbonyl (C=O) groups is 1. The fourth-order valence-corrected chi connectivity index (χ4v) is 1.80. The third-order valence-corrected chi connectivity index (χ3v) is 2.74. The number of nitrogens with two attached hydrogens (primary N) is 1. The number of nitrogen functional groups attached to an aromatic ring is 1. The van der Waals surface area contributed by atoms with Gasteiger partial charge in [-0.3, -0.25) is 4.79 Å². The van der Waals surface area contributed by atoms with Gasteiger partial charge in [-0.15, -0.1) is 0 Å². The van der Waals surface area contributed by atoms with Crippen molar-refractivity contribution in [3.05, 3.63) is 29.8 Å². The van der Waals surface area contributed by atoms with Crippen LogP contribution in [-0.2, 0) is 0 Å². The lowest BCUT2D eigenvalue weighted by molar-refractivity contribution is 0.0572. The van der Waals surface area contributed by atoms with Gasteiger partial charge in [0.1, 0.15) is 0 Å². The fraction of sp³-hybridized carbons (Fsp3) is 0.364. The van der Waals surface area contributed by atoms with E-state index in [2.05, 4.69) is 0 Å². The molecule has 1 saturated heterocycles. The Labute approximate surface area is 93.1 Å². The van der Waals surface area contributed by atoms with Crippen molar-refractivity contribution in [2.24, 2.45) is 0 Å². The summed E-state index contributed by atoms with van der Waals surface area (Å²) in [4.78, 5) is 13.4. The van der Waals surface area contributed by atoms with Gasteiger partial charge < -0.3 is 20.8 Å². The maximum absolute atomic E-state index is 12.0. The largest absolute Gasteiger partial charge is 0.398 e. The third kappa shape index (κ3) is 1.87. The number of nitrogens with zero attached hydrogens (tertiary/aromatic N) is 1. The number of hydrogen-bond acceptors (Lipinski definition) is 4. The van der Waals surface area contributed by atoms with Crippen LogP contribution >= 0.6 is 0 Å². The van der Waals surface area contributed by atoms with Crippen molar-refractivity contribution in [3.63, 3.8) is 0 Å². The maximum atomic E-state index is 12.0. The van der Waals surface area contributed by atoms with Gasteiger partial charge in [-0.2, -0.15) is 0 Å². The molecule has 0 spiro atoms. The van der Waals surface area contributed by atoms with E-state index in [4.69, 9.17) is 5.73 Å². The van der Waals surface area contributed by atoms with E-state index < -0.39 is 12.2 Å². The van der Waals surface area contributed by atoms with E-state index in [0.717, 1.165) is 0 Å². The van der Waals surface area contributed by atoms with E-state index >= 15 is 0 Å². The van der Waals surface area contributed by atoms with Crippen LogP contribution in [0.2, 0.25) is 0 Å². The molecule has 1 aromatic rings. The molecule has 5 heteroatoms. The van der Waals surface area contributed by atoms with Gasteiger partial charge in [0.05, 0.1) is 17.8 Å². The van der Waals surface area contributed by atoms with E-state index in [1.54, 1.807) is 24.3 Å². The molecule has 0 aromatic heterocycles. The van der Waals surface area contributed by atoms with E-state index in [1.165, 1.54) is 4.90 Å². The second kappa shape index (κ2) is 4.11. The number of benzene rings is 1. The van der Waals surface area contributed by atoms with Crippen molar-refractivity contribution in [3.8, 4) is 0 Å². The van der Waals surface area contributed by atoms with Crippen LogP contribution < -0.4 is 5.73 Å². The molecule has 0 bridgehead atoms. The van der Waals surface area contributed by atoms with Crippen LogP contribution in [0, 0.1) is 0 Å².